The molecule has 116 valence electrons. The van der Waals surface area contributed by atoms with Crippen molar-refractivity contribution >= 4 is 11.8 Å². The van der Waals surface area contributed by atoms with Crippen molar-refractivity contribution < 1.29 is 9.59 Å². The van der Waals surface area contributed by atoms with Crippen LogP contribution in [-0.2, 0) is 9.59 Å². The predicted molar refractivity (Wildman–Crippen MR) is 82.4 cm³/mol. The average molecular weight is 289 g/mol. The second kappa shape index (κ2) is 5.94. The van der Waals surface area contributed by atoms with E-state index in [0.29, 0.717) is 11.8 Å². The smallest absolute Gasteiger partial charge is 0.233 e. The number of hydrogen-bond donors (Lipinski definition) is 0. The van der Waals surface area contributed by atoms with E-state index in [1.807, 2.05) is 0 Å². The number of allylic oxidation sites excluding steroid dienone is 2. The maximum Gasteiger partial charge on any atom is 0.233 e. The highest BCUT2D eigenvalue weighted by atomic mass is 16.2. The van der Waals surface area contributed by atoms with Gasteiger partial charge in [-0.2, -0.15) is 0 Å². The van der Waals surface area contributed by atoms with Crippen LogP contribution in [0.5, 0.6) is 0 Å². The van der Waals surface area contributed by atoms with Gasteiger partial charge in [-0.3, -0.25) is 14.5 Å². The maximum atomic E-state index is 12.7. The summed E-state index contributed by atoms with van der Waals surface area (Å²) in [5, 5.41) is 0. The number of carbonyl (C=O) groups is 2. The van der Waals surface area contributed by atoms with Crippen LogP contribution in [-0.4, -0.2) is 22.8 Å². The molecule has 2 fully saturated rings. The molecular weight excluding hydrogens is 262 g/mol. The van der Waals surface area contributed by atoms with Crippen LogP contribution in [0.3, 0.4) is 0 Å². The Balaban J connectivity index is 1.68. The molecule has 3 nitrogen and oxygen atoms in total. The molecule has 0 spiro atoms. The fraction of sp³-hybridized carbons (Fsp3) is 0.778. The minimum atomic E-state index is -0.0304. The third-order valence-corrected chi connectivity index (χ3v) is 5.73. The third kappa shape index (κ3) is 2.35. The standard InChI is InChI=1S/C18H27NO2/c1-3-5-6-7-8-14(4-2)19-17(20)15-12-9-10-13(11-12)16(15)18(19)21/h9-10,12-16H,3-8,11H2,1-2H3. The van der Waals surface area contributed by atoms with E-state index < -0.39 is 0 Å². The number of unbranched alkanes of at least 4 members (excludes halogenated alkanes) is 3. The van der Waals surface area contributed by atoms with Crippen molar-refractivity contribution in [2.75, 3.05) is 0 Å². The summed E-state index contributed by atoms with van der Waals surface area (Å²) in [6.45, 7) is 4.31. The topological polar surface area (TPSA) is 37.4 Å². The van der Waals surface area contributed by atoms with E-state index in [-0.39, 0.29) is 29.7 Å². The number of rotatable bonds is 7. The summed E-state index contributed by atoms with van der Waals surface area (Å²) in [6.07, 6.45) is 12.0. The van der Waals surface area contributed by atoms with E-state index in [2.05, 4.69) is 26.0 Å². The molecule has 0 N–H and O–H groups in total. The van der Waals surface area contributed by atoms with Crippen molar-refractivity contribution in [3.05, 3.63) is 12.2 Å². The van der Waals surface area contributed by atoms with E-state index in [4.69, 9.17) is 0 Å². The quantitative estimate of drug-likeness (QED) is 0.408. The van der Waals surface area contributed by atoms with Crippen molar-refractivity contribution in [1.29, 1.82) is 0 Å². The summed E-state index contributed by atoms with van der Waals surface area (Å²) in [5.41, 5.74) is 0. The summed E-state index contributed by atoms with van der Waals surface area (Å²) in [4.78, 5) is 27.2. The van der Waals surface area contributed by atoms with Crippen LogP contribution in [0.25, 0.3) is 0 Å². The van der Waals surface area contributed by atoms with Crippen LogP contribution in [0.1, 0.15) is 58.8 Å². The Bertz CT molecular complexity index is 426. The Morgan fingerprint density at radius 1 is 1.05 bits per heavy atom. The van der Waals surface area contributed by atoms with Crippen molar-refractivity contribution in [1.82, 2.24) is 4.90 Å². The molecule has 21 heavy (non-hydrogen) atoms. The molecule has 1 aliphatic heterocycles. The number of amides is 2. The Labute approximate surface area is 127 Å². The van der Waals surface area contributed by atoms with E-state index in [1.54, 1.807) is 4.90 Å². The number of nitrogens with zero attached hydrogens (tertiary/aromatic N) is 1. The monoisotopic (exact) mass is 289 g/mol. The molecule has 3 heteroatoms. The van der Waals surface area contributed by atoms with Gasteiger partial charge in [0.2, 0.25) is 11.8 Å². The first-order valence-electron chi connectivity index (χ1n) is 8.74. The Kier molecular flexibility index (Phi) is 4.19. The SMILES string of the molecule is CCCCCCC(CC)N1C(=O)C2C3C=CC(C3)C2C1=O. The van der Waals surface area contributed by atoms with Crippen LogP contribution in [0.2, 0.25) is 0 Å². The number of imide groups is 1. The van der Waals surface area contributed by atoms with Crippen molar-refractivity contribution in [2.24, 2.45) is 23.7 Å². The largest absolute Gasteiger partial charge is 0.279 e. The molecular formula is C18H27NO2. The molecule has 3 aliphatic rings. The molecule has 5 atom stereocenters. The molecule has 1 heterocycles. The molecule has 2 bridgehead atoms. The number of hydrogen-bond acceptors (Lipinski definition) is 2. The van der Waals surface area contributed by atoms with Gasteiger partial charge in [-0.25, -0.2) is 0 Å². The second-order valence-corrected chi connectivity index (χ2v) is 6.96. The van der Waals surface area contributed by atoms with Gasteiger partial charge in [0.1, 0.15) is 0 Å². The molecule has 3 rings (SSSR count). The van der Waals surface area contributed by atoms with Crippen molar-refractivity contribution in [3.8, 4) is 0 Å². The minimum absolute atomic E-state index is 0.0304. The fourth-order valence-electron chi connectivity index (χ4n) is 4.61. The molecule has 1 saturated heterocycles. The molecule has 0 radical (unpaired) electrons. The van der Waals surface area contributed by atoms with Gasteiger partial charge in [0.25, 0.3) is 0 Å². The van der Waals surface area contributed by atoms with E-state index >= 15 is 0 Å². The lowest BCUT2D eigenvalue weighted by atomic mass is 9.85. The second-order valence-electron chi connectivity index (χ2n) is 6.96. The van der Waals surface area contributed by atoms with Gasteiger partial charge in [-0.05, 0) is 31.1 Å². The van der Waals surface area contributed by atoms with E-state index in [9.17, 15) is 9.59 Å². The van der Waals surface area contributed by atoms with Crippen LogP contribution in [0.4, 0.5) is 0 Å². The molecule has 1 saturated carbocycles. The molecule has 5 unspecified atom stereocenters. The Morgan fingerprint density at radius 3 is 2.19 bits per heavy atom. The van der Waals surface area contributed by atoms with Gasteiger partial charge < -0.3 is 0 Å². The van der Waals surface area contributed by atoms with Gasteiger partial charge in [-0.15, -0.1) is 0 Å². The minimum Gasteiger partial charge on any atom is -0.279 e. The van der Waals surface area contributed by atoms with Gasteiger partial charge in [0.15, 0.2) is 0 Å². The summed E-state index contributed by atoms with van der Waals surface area (Å²) < 4.78 is 0. The highest BCUT2D eigenvalue weighted by Crippen LogP contribution is 2.53. The van der Waals surface area contributed by atoms with Gasteiger partial charge >= 0.3 is 0 Å². The first-order valence-corrected chi connectivity index (χ1v) is 8.74. The van der Waals surface area contributed by atoms with Gasteiger partial charge in [-0.1, -0.05) is 51.7 Å². The zero-order chi connectivity index (χ0) is 15.0. The summed E-state index contributed by atoms with van der Waals surface area (Å²) in [6, 6.07) is 0.131. The van der Waals surface area contributed by atoms with Gasteiger partial charge in [0, 0.05) is 6.04 Å². The van der Waals surface area contributed by atoms with Gasteiger partial charge in [0.05, 0.1) is 11.8 Å². The van der Waals surface area contributed by atoms with E-state index in [1.165, 1.54) is 19.3 Å². The third-order valence-electron chi connectivity index (χ3n) is 5.73. The average Bonchev–Trinajstić information content (AvgIpc) is 3.15. The summed E-state index contributed by atoms with van der Waals surface area (Å²) in [7, 11) is 0. The normalized spacial score (nSPS) is 34.9. The Hall–Kier alpha value is -1.12. The van der Waals surface area contributed by atoms with Crippen molar-refractivity contribution in [2.45, 2.75) is 64.8 Å². The lowest BCUT2D eigenvalue weighted by Crippen LogP contribution is -2.41. The van der Waals surface area contributed by atoms with Crippen LogP contribution in [0.15, 0.2) is 12.2 Å². The molecule has 0 aromatic heterocycles. The lowest BCUT2D eigenvalue weighted by Gasteiger charge is -2.27. The summed E-state index contributed by atoms with van der Waals surface area (Å²) in [5.74, 6) is 0.862. The molecule has 0 aromatic carbocycles. The number of likely N-dealkylation sites (tertiary alicyclic amines) is 1. The molecule has 2 amide bonds. The highest BCUT2D eigenvalue weighted by Gasteiger charge is 2.60. The molecule has 2 aliphatic carbocycles. The number of fused-ring (bicyclic) bond motifs is 5. The first-order chi connectivity index (χ1) is 10.2. The number of carbonyl (C=O) groups excluding carboxylic acids is 2. The first kappa shape index (κ1) is 14.8. The maximum absolute atomic E-state index is 12.7. The van der Waals surface area contributed by atoms with Crippen molar-refractivity contribution in [3.63, 3.8) is 0 Å². The highest BCUT2D eigenvalue weighted by molar-refractivity contribution is 6.06. The van der Waals surface area contributed by atoms with Crippen LogP contribution < -0.4 is 0 Å². The zero-order valence-electron chi connectivity index (χ0n) is 13.3. The lowest BCUT2D eigenvalue weighted by molar-refractivity contribution is -0.143. The van der Waals surface area contributed by atoms with Crippen LogP contribution >= 0.6 is 0 Å². The fourth-order valence-corrected chi connectivity index (χ4v) is 4.61. The molecule has 0 aromatic rings. The predicted octanol–water partition coefficient (Wildman–Crippen LogP) is 3.54. The summed E-state index contributed by atoms with van der Waals surface area (Å²) >= 11 is 0. The van der Waals surface area contributed by atoms with E-state index in [0.717, 1.165) is 25.7 Å². The zero-order valence-corrected chi connectivity index (χ0v) is 13.3. The Morgan fingerprint density at radius 2 is 1.67 bits per heavy atom. The van der Waals surface area contributed by atoms with Crippen LogP contribution in [0, 0.1) is 23.7 Å².